The summed E-state index contributed by atoms with van der Waals surface area (Å²) in [5.74, 6) is -0.277. The summed E-state index contributed by atoms with van der Waals surface area (Å²) in [6.07, 6.45) is 10.6. The monoisotopic (exact) mass is 547 g/mol. The number of nitrogens with zero attached hydrogens (tertiary/aromatic N) is 2. The summed E-state index contributed by atoms with van der Waals surface area (Å²) in [7, 11) is 2.03. The van der Waals surface area contributed by atoms with E-state index in [4.69, 9.17) is 23.7 Å². The predicted octanol–water partition coefficient (Wildman–Crippen LogP) is 2.79. The molecule has 10 nitrogen and oxygen atoms in total. The van der Waals surface area contributed by atoms with Gasteiger partial charge in [-0.1, -0.05) is 23.8 Å². The van der Waals surface area contributed by atoms with Crippen LogP contribution in [0.5, 0.6) is 0 Å². The molecule has 0 aromatic heterocycles. The number of likely N-dealkylation sites (N-methyl/N-ethyl adjacent to an activating group) is 1. The molecule has 0 bridgehead atoms. The summed E-state index contributed by atoms with van der Waals surface area (Å²) in [5.41, 5.74) is 0.945. The van der Waals surface area contributed by atoms with Crippen molar-refractivity contribution in [2.75, 3.05) is 53.0 Å². The number of piperazine rings is 1. The van der Waals surface area contributed by atoms with Gasteiger partial charge in [0.1, 0.15) is 6.10 Å². The van der Waals surface area contributed by atoms with E-state index in [0.29, 0.717) is 32.7 Å². The van der Waals surface area contributed by atoms with Crippen molar-refractivity contribution < 1.29 is 33.3 Å². The summed E-state index contributed by atoms with van der Waals surface area (Å²) in [6.45, 7) is 12.5. The maximum Gasteiger partial charge on any atom is 0.410 e. The van der Waals surface area contributed by atoms with Crippen LogP contribution < -0.4 is 5.32 Å². The SMILES string of the molecule is CC(C=C[C@@H]1C[C@]2(CO2)CC(C)(C)O1)=CCC1OCC(NC(=O)C=C[C@H](C)OC(=O)N2CCN(C)CC2)CO1. The largest absolute Gasteiger partial charge is 0.442 e. The standard InChI is InChI=1S/C29H45N3O7/c1-21(6-9-24-16-29(20-37-29)19-28(3,4)39-24)7-11-26-35-17-23(18-36-26)30-25(33)10-8-22(2)38-27(34)32-14-12-31(5)13-15-32/h6-10,22-24,26H,11-20H2,1-5H3,(H,30,33)/t22-,23?,24+,26?,29+/m0/s1. The lowest BCUT2D eigenvalue weighted by Gasteiger charge is -2.38. The molecule has 10 heteroatoms. The van der Waals surface area contributed by atoms with Crippen LogP contribution in [0.3, 0.4) is 0 Å². The lowest BCUT2D eigenvalue weighted by molar-refractivity contribution is -0.187. The third kappa shape index (κ3) is 9.42. The van der Waals surface area contributed by atoms with E-state index in [1.54, 1.807) is 17.9 Å². The Morgan fingerprint density at radius 3 is 2.49 bits per heavy atom. The first-order chi connectivity index (χ1) is 18.5. The second kappa shape index (κ2) is 13.0. The molecule has 1 spiro atoms. The van der Waals surface area contributed by atoms with Crippen LogP contribution in [0.15, 0.2) is 36.0 Å². The smallest absolute Gasteiger partial charge is 0.410 e. The first-order valence-electron chi connectivity index (χ1n) is 14.0. The molecule has 0 aromatic carbocycles. The van der Waals surface area contributed by atoms with Crippen LogP contribution in [0.25, 0.3) is 0 Å². The van der Waals surface area contributed by atoms with E-state index in [-0.39, 0.29) is 41.6 Å². The van der Waals surface area contributed by atoms with Crippen molar-refractivity contribution >= 4 is 12.0 Å². The molecule has 218 valence electrons. The number of nitrogens with one attached hydrogen (secondary N) is 1. The molecule has 4 aliphatic rings. The van der Waals surface area contributed by atoms with Crippen molar-refractivity contribution in [3.63, 3.8) is 0 Å². The van der Waals surface area contributed by atoms with Gasteiger partial charge < -0.3 is 38.8 Å². The number of hydrogen-bond acceptors (Lipinski definition) is 8. The summed E-state index contributed by atoms with van der Waals surface area (Å²) >= 11 is 0. The van der Waals surface area contributed by atoms with Crippen molar-refractivity contribution in [3.05, 3.63) is 36.0 Å². The highest BCUT2D eigenvalue weighted by molar-refractivity contribution is 5.87. The predicted molar refractivity (Wildman–Crippen MR) is 146 cm³/mol. The van der Waals surface area contributed by atoms with E-state index < -0.39 is 6.10 Å². The third-order valence-corrected chi connectivity index (χ3v) is 7.43. The van der Waals surface area contributed by atoms with Crippen LogP contribution in [0.1, 0.15) is 47.0 Å². The molecule has 39 heavy (non-hydrogen) atoms. The Morgan fingerprint density at radius 1 is 1.13 bits per heavy atom. The van der Waals surface area contributed by atoms with E-state index in [2.05, 4.69) is 49.2 Å². The topological polar surface area (TPSA) is 102 Å². The number of epoxide rings is 1. The lowest BCUT2D eigenvalue weighted by Crippen LogP contribution is -2.47. The minimum atomic E-state index is -0.505. The van der Waals surface area contributed by atoms with Crippen molar-refractivity contribution in [1.82, 2.24) is 15.1 Å². The Kier molecular flexibility index (Phi) is 9.87. The van der Waals surface area contributed by atoms with Crippen molar-refractivity contribution in [2.24, 2.45) is 0 Å². The Labute approximate surface area is 232 Å². The number of amides is 2. The number of hydrogen-bond donors (Lipinski definition) is 1. The van der Waals surface area contributed by atoms with Gasteiger partial charge in [0.05, 0.1) is 43.2 Å². The average molecular weight is 548 g/mol. The molecule has 0 saturated carbocycles. The van der Waals surface area contributed by atoms with Crippen LogP contribution >= 0.6 is 0 Å². The van der Waals surface area contributed by atoms with E-state index >= 15 is 0 Å². The van der Waals surface area contributed by atoms with E-state index in [9.17, 15) is 9.59 Å². The summed E-state index contributed by atoms with van der Waals surface area (Å²) in [4.78, 5) is 28.4. The normalized spacial score (nSPS) is 32.5. The highest BCUT2D eigenvalue weighted by atomic mass is 16.7. The number of rotatable bonds is 8. The minimum Gasteiger partial charge on any atom is -0.442 e. The van der Waals surface area contributed by atoms with Gasteiger partial charge in [0.25, 0.3) is 0 Å². The molecule has 0 aromatic rings. The van der Waals surface area contributed by atoms with Crippen LogP contribution in [0, 0.1) is 0 Å². The molecule has 2 amide bonds. The minimum absolute atomic E-state index is 0.00948. The Morgan fingerprint density at radius 2 is 1.82 bits per heavy atom. The molecule has 4 fully saturated rings. The molecule has 3 atom stereocenters. The van der Waals surface area contributed by atoms with Crippen LogP contribution in [-0.2, 0) is 28.5 Å². The number of carbonyl (C=O) groups is 2. The fourth-order valence-corrected chi connectivity index (χ4v) is 5.24. The molecular formula is C29H45N3O7. The molecule has 4 aliphatic heterocycles. The van der Waals surface area contributed by atoms with Crippen LogP contribution in [0.4, 0.5) is 4.79 Å². The summed E-state index contributed by atoms with van der Waals surface area (Å²) in [5, 5.41) is 2.87. The zero-order valence-corrected chi connectivity index (χ0v) is 24.0. The zero-order valence-electron chi connectivity index (χ0n) is 24.0. The second-order valence-corrected chi connectivity index (χ2v) is 11.9. The molecule has 0 unspecified atom stereocenters. The van der Waals surface area contributed by atoms with Crippen molar-refractivity contribution in [1.29, 1.82) is 0 Å². The zero-order chi connectivity index (χ0) is 28.0. The van der Waals surface area contributed by atoms with Crippen molar-refractivity contribution in [2.45, 2.75) is 82.7 Å². The van der Waals surface area contributed by atoms with Gasteiger partial charge in [-0.3, -0.25) is 4.79 Å². The Hall–Kier alpha value is -2.24. The van der Waals surface area contributed by atoms with E-state index in [0.717, 1.165) is 38.1 Å². The Balaban J connectivity index is 1.11. The Bertz CT molecular complexity index is 937. The molecule has 4 saturated heterocycles. The highest BCUT2D eigenvalue weighted by Crippen LogP contribution is 2.46. The second-order valence-electron chi connectivity index (χ2n) is 11.9. The number of ether oxygens (including phenoxy) is 5. The fourth-order valence-electron chi connectivity index (χ4n) is 5.24. The van der Waals surface area contributed by atoms with Gasteiger partial charge in [0.2, 0.25) is 5.91 Å². The van der Waals surface area contributed by atoms with Gasteiger partial charge >= 0.3 is 6.09 Å². The van der Waals surface area contributed by atoms with Gasteiger partial charge in [0, 0.05) is 51.5 Å². The molecular weight excluding hydrogens is 502 g/mol. The molecule has 0 radical (unpaired) electrons. The first-order valence-corrected chi connectivity index (χ1v) is 14.0. The van der Waals surface area contributed by atoms with Gasteiger partial charge in [-0.15, -0.1) is 0 Å². The summed E-state index contributed by atoms with van der Waals surface area (Å²) < 4.78 is 29.0. The molecule has 1 N–H and O–H groups in total. The van der Waals surface area contributed by atoms with Gasteiger partial charge in [-0.2, -0.15) is 0 Å². The van der Waals surface area contributed by atoms with Crippen LogP contribution in [-0.4, -0.2) is 111 Å². The van der Waals surface area contributed by atoms with Gasteiger partial charge in [-0.05, 0) is 40.8 Å². The van der Waals surface area contributed by atoms with E-state index in [1.165, 1.54) is 6.08 Å². The third-order valence-electron chi connectivity index (χ3n) is 7.43. The van der Waals surface area contributed by atoms with E-state index in [1.807, 2.05) is 7.05 Å². The number of allylic oxidation sites excluding steroid dienone is 2. The highest BCUT2D eigenvalue weighted by Gasteiger charge is 2.53. The van der Waals surface area contributed by atoms with Crippen LogP contribution in [0.2, 0.25) is 0 Å². The summed E-state index contributed by atoms with van der Waals surface area (Å²) in [6, 6.07) is -0.240. The average Bonchev–Trinajstić information content (AvgIpc) is 3.62. The maximum atomic E-state index is 12.3. The maximum absolute atomic E-state index is 12.3. The molecule has 4 rings (SSSR count). The number of carbonyl (C=O) groups excluding carboxylic acids is 2. The molecule has 4 heterocycles. The quantitative estimate of drug-likeness (QED) is 0.281. The van der Waals surface area contributed by atoms with Crippen molar-refractivity contribution in [3.8, 4) is 0 Å². The first kappa shape index (κ1) is 29.7. The molecule has 0 aliphatic carbocycles. The van der Waals surface area contributed by atoms with Gasteiger partial charge in [-0.25, -0.2) is 4.79 Å². The lowest BCUT2D eigenvalue weighted by atomic mass is 9.85. The van der Waals surface area contributed by atoms with Gasteiger partial charge in [0.15, 0.2) is 6.29 Å². The fraction of sp³-hybridized carbons (Fsp3) is 0.724.